The Kier molecular flexibility index (Phi) is 3.70. The third-order valence-electron chi connectivity index (χ3n) is 4.93. The van der Waals surface area contributed by atoms with Crippen LogP contribution in [0.25, 0.3) is 33.7 Å². The van der Waals surface area contributed by atoms with Gasteiger partial charge in [0.2, 0.25) is 5.82 Å². The van der Waals surface area contributed by atoms with Gasteiger partial charge in [-0.05, 0) is 56.5 Å². The van der Waals surface area contributed by atoms with Gasteiger partial charge in [0.25, 0.3) is 5.89 Å². The fourth-order valence-corrected chi connectivity index (χ4v) is 3.61. The molecule has 136 valence electrons. The maximum atomic E-state index is 5.87. The minimum atomic E-state index is 0.313. The molecule has 6 heteroatoms. The molecule has 0 aliphatic carbocycles. The summed E-state index contributed by atoms with van der Waals surface area (Å²) in [7, 11) is 0. The van der Waals surface area contributed by atoms with E-state index in [0.29, 0.717) is 17.8 Å². The van der Waals surface area contributed by atoms with Crippen LogP contribution in [-0.2, 0) is 6.42 Å². The number of aromatic nitrogens is 4. The van der Waals surface area contributed by atoms with Crippen LogP contribution in [0.2, 0.25) is 0 Å². The van der Waals surface area contributed by atoms with Crippen LogP contribution in [0.3, 0.4) is 0 Å². The first-order chi connectivity index (χ1) is 13.2. The van der Waals surface area contributed by atoms with Crippen molar-refractivity contribution >= 4 is 10.9 Å². The van der Waals surface area contributed by atoms with Gasteiger partial charge in [0.15, 0.2) is 0 Å². The maximum Gasteiger partial charge on any atom is 0.258 e. The summed E-state index contributed by atoms with van der Waals surface area (Å²) < 4.78 is 13.4. The van der Waals surface area contributed by atoms with E-state index in [0.717, 1.165) is 47.2 Å². The number of rotatable bonds is 3. The smallest absolute Gasteiger partial charge is 0.258 e. The summed E-state index contributed by atoms with van der Waals surface area (Å²) in [6.07, 6.45) is 3.93. The number of hydrogen-bond acceptors (Lipinski definition) is 5. The summed E-state index contributed by atoms with van der Waals surface area (Å²) in [4.78, 5) is 4.62. The molecule has 6 nitrogen and oxygen atoms in total. The van der Waals surface area contributed by atoms with Gasteiger partial charge in [-0.3, -0.25) is 4.68 Å². The van der Waals surface area contributed by atoms with Gasteiger partial charge in [-0.15, -0.1) is 0 Å². The summed E-state index contributed by atoms with van der Waals surface area (Å²) >= 11 is 0. The van der Waals surface area contributed by atoms with Crippen molar-refractivity contribution < 1.29 is 9.26 Å². The Morgan fingerprint density at radius 2 is 2.07 bits per heavy atom. The average Bonchev–Trinajstić information content (AvgIpc) is 3.34. The van der Waals surface area contributed by atoms with Crippen molar-refractivity contribution in [1.82, 2.24) is 19.9 Å². The summed E-state index contributed by atoms with van der Waals surface area (Å²) in [5, 5.41) is 9.72. The van der Waals surface area contributed by atoms with Crippen molar-refractivity contribution in [2.24, 2.45) is 0 Å². The molecule has 0 fully saturated rings. The molecule has 2 aromatic heterocycles. The van der Waals surface area contributed by atoms with Gasteiger partial charge in [-0.1, -0.05) is 17.3 Å². The molecule has 0 amide bonds. The topological polar surface area (TPSA) is 66.0 Å². The third kappa shape index (κ3) is 2.68. The first-order valence-corrected chi connectivity index (χ1v) is 9.27. The number of hydrogen-bond donors (Lipinski definition) is 0. The number of para-hydroxylation sites is 1. The van der Waals surface area contributed by atoms with E-state index in [2.05, 4.69) is 41.2 Å². The molecule has 0 spiro atoms. The van der Waals surface area contributed by atoms with Crippen LogP contribution >= 0.6 is 0 Å². The van der Waals surface area contributed by atoms with Crippen molar-refractivity contribution in [2.45, 2.75) is 32.7 Å². The molecule has 0 N–H and O–H groups in total. The Labute approximate surface area is 156 Å². The van der Waals surface area contributed by atoms with Gasteiger partial charge >= 0.3 is 0 Å². The van der Waals surface area contributed by atoms with Gasteiger partial charge in [0, 0.05) is 17.0 Å². The number of aryl methyl sites for hydroxylation is 1. The molecule has 2 aromatic carbocycles. The normalized spacial score (nSPS) is 13.7. The van der Waals surface area contributed by atoms with Gasteiger partial charge in [-0.25, -0.2) is 0 Å². The molecule has 27 heavy (non-hydrogen) atoms. The molecule has 5 rings (SSSR count). The van der Waals surface area contributed by atoms with E-state index in [9.17, 15) is 0 Å². The summed E-state index contributed by atoms with van der Waals surface area (Å²) in [6.45, 7) is 4.96. The Hall–Kier alpha value is -3.15. The SMILES string of the molecule is CC(C)n1ncc2cc(-c3nc(-c4cccc5c4OCCC5)no3)ccc21. The fourth-order valence-electron chi connectivity index (χ4n) is 3.61. The van der Waals surface area contributed by atoms with Gasteiger partial charge in [-0.2, -0.15) is 10.1 Å². The van der Waals surface area contributed by atoms with E-state index in [-0.39, 0.29) is 0 Å². The number of benzene rings is 2. The second-order valence-corrected chi connectivity index (χ2v) is 7.13. The van der Waals surface area contributed by atoms with Crippen molar-refractivity contribution in [3.05, 3.63) is 48.2 Å². The standard InChI is InChI=1S/C21H20N4O2/c1-13(2)25-18-9-8-15(11-16(18)12-22-25)21-23-20(24-27-21)17-7-3-5-14-6-4-10-26-19(14)17/h3,5,7-9,11-13H,4,6,10H2,1-2H3. The zero-order valence-corrected chi connectivity index (χ0v) is 15.3. The minimum absolute atomic E-state index is 0.313. The second kappa shape index (κ2) is 6.23. The lowest BCUT2D eigenvalue weighted by molar-refractivity contribution is 0.289. The number of fused-ring (bicyclic) bond motifs is 2. The van der Waals surface area contributed by atoms with Crippen LogP contribution in [-0.4, -0.2) is 26.5 Å². The maximum absolute atomic E-state index is 5.87. The molecule has 1 aliphatic rings. The van der Waals surface area contributed by atoms with Crippen LogP contribution in [0.5, 0.6) is 5.75 Å². The molecular weight excluding hydrogens is 340 g/mol. The van der Waals surface area contributed by atoms with E-state index in [1.165, 1.54) is 5.56 Å². The zero-order chi connectivity index (χ0) is 18.4. The van der Waals surface area contributed by atoms with Crippen molar-refractivity contribution in [2.75, 3.05) is 6.61 Å². The zero-order valence-electron chi connectivity index (χ0n) is 15.3. The Bertz CT molecular complexity index is 1130. The van der Waals surface area contributed by atoms with E-state index < -0.39 is 0 Å². The minimum Gasteiger partial charge on any atom is -0.493 e. The molecule has 4 aromatic rings. The first-order valence-electron chi connectivity index (χ1n) is 9.27. The molecular formula is C21H20N4O2. The van der Waals surface area contributed by atoms with Crippen LogP contribution < -0.4 is 4.74 Å². The van der Waals surface area contributed by atoms with E-state index in [4.69, 9.17) is 9.26 Å². The average molecular weight is 360 g/mol. The van der Waals surface area contributed by atoms with Gasteiger partial charge in [0.1, 0.15) is 5.75 Å². The molecule has 0 atom stereocenters. The van der Waals surface area contributed by atoms with Crippen molar-refractivity contribution in [3.63, 3.8) is 0 Å². The molecule has 0 unspecified atom stereocenters. The highest BCUT2D eigenvalue weighted by molar-refractivity contribution is 5.83. The fraction of sp³-hybridized carbons (Fsp3) is 0.286. The molecule has 0 bridgehead atoms. The summed E-state index contributed by atoms with van der Waals surface area (Å²) in [6, 6.07) is 12.5. The van der Waals surface area contributed by atoms with E-state index >= 15 is 0 Å². The summed E-state index contributed by atoms with van der Waals surface area (Å²) in [5.41, 5.74) is 4.07. The number of ether oxygens (including phenoxy) is 1. The predicted octanol–water partition coefficient (Wildman–Crippen LogP) is 4.66. The first kappa shape index (κ1) is 16.1. The molecule has 0 saturated heterocycles. The Morgan fingerprint density at radius 3 is 2.96 bits per heavy atom. The Morgan fingerprint density at radius 1 is 1.15 bits per heavy atom. The third-order valence-corrected chi connectivity index (χ3v) is 4.93. The summed E-state index contributed by atoms with van der Waals surface area (Å²) in [5.74, 6) is 1.93. The molecule has 3 heterocycles. The van der Waals surface area contributed by atoms with Crippen LogP contribution in [0.15, 0.2) is 47.1 Å². The van der Waals surface area contributed by atoms with Crippen molar-refractivity contribution in [3.8, 4) is 28.6 Å². The lowest BCUT2D eigenvalue weighted by atomic mass is 10.0. The van der Waals surface area contributed by atoms with Crippen molar-refractivity contribution in [1.29, 1.82) is 0 Å². The number of nitrogens with zero attached hydrogens (tertiary/aromatic N) is 4. The van der Waals surface area contributed by atoms with Gasteiger partial charge < -0.3 is 9.26 Å². The molecule has 0 saturated carbocycles. The quantitative estimate of drug-likeness (QED) is 0.532. The lowest BCUT2D eigenvalue weighted by Crippen LogP contribution is -2.09. The largest absolute Gasteiger partial charge is 0.493 e. The van der Waals surface area contributed by atoms with E-state index in [1.807, 2.05) is 35.1 Å². The molecule has 1 aliphatic heterocycles. The lowest BCUT2D eigenvalue weighted by Gasteiger charge is -2.18. The molecule has 0 radical (unpaired) electrons. The highest BCUT2D eigenvalue weighted by Crippen LogP contribution is 2.35. The monoisotopic (exact) mass is 360 g/mol. The van der Waals surface area contributed by atoms with Crippen LogP contribution in [0, 0.1) is 0 Å². The van der Waals surface area contributed by atoms with E-state index in [1.54, 1.807) is 0 Å². The predicted molar refractivity (Wildman–Crippen MR) is 103 cm³/mol. The van der Waals surface area contributed by atoms with Gasteiger partial charge in [0.05, 0.1) is 23.9 Å². The van der Waals surface area contributed by atoms with Crippen LogP contribution in [0.4, 0.5) is 0 Å². The Balaban J connectivity index is 1.54. The van der Waals surface area contributed by atoms with Crippen LogP contribution in [0.1, 0.15) is 31.9 Å². The highest BCUT2D eigenvalue weighted by atomic mass is 16.5. The highest BCUT2D eigenvalue weighted by Gasteiger charge is 2.20. The second-order valence-electron chi connectivity index (χ2n) is 7.13.